The van der Waals surface area contributed by atoms with Crippen LogP contribution in [-0.2, 0) is 14.8 Å². The van der Waals surface area contributed by atoms with Crippen LogP contribution >= 0.6 is 0 Å². The molecule has 1 aromatic carbocycles. The number of carbonyl (C=O) groups is 1. The molecule has 10 heteroatoms. The van der Waals surface area contributed by atoms with Crippen molar-refractivity contribution in [1.82, 2.24) is 4.72 Å². The summed E-state index contributed by atoms with van der Waals surface area (Å²) in [6.07, 6.45) is 0. The van der Waals surface area contributed by atoms with Crippen molar-refractivity contribution in [2.75, 3.05) is 0 Å². The van der Waals surface area contributed by atoms with Gasteiger partial charge in [0.15, 0.2) is 4.90 Å². The molecule has 1 rings (SSSR count). The van der Waals surface area contributed by atoms with Gasteiger partial charge in [-0.3, -0.25) is 14.9 Å². The van der Waals surface area contributed by atoms with E-state index < -0.39 is 42.9 Å². The fourth-order valence-corrected chi connectivity index (χ4v) is 2.82. The maximum absolute atomic E-state index is 12.9. The van der Waals surface area contributed by atoms with E-state index in [1.807, 2.05) is 4.72 Å². The molecule has 0 amide bonds. The number of benzene rings is 1. The fraction of sp³-hybridized carbons (Fsp3) is 0.300. The molecule has 0 radical (unpaired) electrons. The molecular weight excluding hydrogens is 295 g/mol. The highest BCUT2D eigenvalue weighted by molar-refractivity contribution is 7.89. The zero-order valence-electron chi connectivity index (χ0n) is 10.5. The van der Waals surface area contributed by atoms with Crippen molar-refractivity contribution in [3.63, 3.8) is 0 Å². The Kier molecular flexibility index (Phi) is 4.10. The summed E-state index contributed by atoms with van der Waals surface area (Å²) < 4.78 is 38.7. The Balaban J connectivity index is 3.37. The molecule has 110 valence electrons. The molecular formula is C10H11FN2O6S. The molecule has 0 atom stereocenters. The van der Waals surface area contributed by atoms with E-state index in [9.17, 15) is 27.7 Å². The predicted octanol–water partition coefficient (Wildman–Crippen LogP) is 0.875. The fourth-order valence-electron chi connectivity index (χ4n) is 1.29. The van der Waals surface area contributed by atoms with E-state index in [0.717, 1.165) is 19.9 Å². The number of nitrogens with one attached hydrogen (secondary N) is 1. The lowest BCUT2D eigenvalue weighted by molar-refractivity contribution is -0.388. The number of rotatable bonds is 5. The van der Waals surface area contributed by atoms with Gasteiger partial charge in [0, 0.05) is 0 Å². The van der Waals surface area contributed by atoms with E-state index in [4.69, 9.17) is 5.11 Å². The zero-order valence-corrected chi connectivity index (χ0v) is 11.3. The Labute approximate surface area is 113 Å². The van der Waals surface area contributed by atoms with Gasteiger partial charge in [0.1, 0.15) is 11.4 Å². The number of nitrogens with zero attached hydrogens (tertiary/aromatic N) is 1. The van der Waals surface area contributed by atoms with Gasteiger partial charge in [-0.25, -0.2) is 12.8 Å². The molecule has 0 saturated heterocycles. The van der Waals surface area contributed by atoms with Crippen LogP contribution in [0.25, 0.3) is 0 Å². The van der Waals surface area contributed by atoms with Crippen molar-refractivity contribution in [2.24, 2.45) is 0 Å². The molecule has 0 spiro atoms. The van der Waals surface area contributed by atoms with Gasteiger partial charge in [-0.2, -0.15) is 4.72 Å². The van der Waals surface area contributed by atoms with Crippen molar-refractivity contribution in [3.05, 3.63) is 34.1 Å². The third-order valence-corrected chi connectivity index (χ3v) is 4.03. The minimum Gasteiger partial charge on any atom is -0.480 e. The zero-order chi connectivity index (χ0) is 15.7. The van der Waals surface area contributed by atoms with Crippen LogP contribution in [0.4, 0.5) is 10.1 Å². The first-order valence-corrected chi connectivity index (χ1v) is 6.67. The summed E-state index contributed by atoms with van der Waals surface area (Å²) in [5.74, 6) is -2.45. The van der Waals surface area contributed by atoms with Crippen LogP contribution in [-0.4, -0.2) is 30.0 Å². The summed E-state index contributed by atoms with van der Waals surface area (Å²) in [5.41, 5.74) is -2.85. The average molecular weight is 306 g/mol. The lowest BCUT2D eigenvalue weighted by Gasteiger charge is -2.20. The van der Waals surface area contributed by atoms with Crippen molar-refractivity contribution in [1.29, 1.82) is 0 Å². The minimum atomic E-state index is -4.49. The lowest BCUT2D eigenvalue weighted by Crippen LogP contribution is -2.49. The second-order valence-electron chi connectivity index (χ2n) is 4.40. The number of carboxylic acids is 1. The highest BCUT2D eigenvalue weighted by Gasteiger charge is 2.36. The molecule has 0 aliphatic rings. The standard InChI is InChI=1S/C10H11FN2O6S/c1-10(2,9(14)15)12-20(18,19)8-4-3-6(11)5-7(8)13(16)17/h3-5,12H,1-2H3,(H,14,15). The lowest BCUT2D eigenvalue weighted by atomic mass is 10.1. The van der Waals surface area contributed by atoms with Crippen LogP contribution in [0, 0.1) is 15.9 Å². The van der Waals surface area contributed by atoms with E-state index in [2.05, 4.69) is 0 Å². The van der Waals surface area contributed by atoms with Crippen LogP contribution < -0.4 is 4.72 Å². The van der Waals surface area contributed by atoms with E-state index in [1.54, 1.807) is 0 Å². The number of nitro groups is 1. The smallest absolute Gasteiger partial charge is 0.324 e. The highest BCUT2D eigenvalue weighted by Crippen LogP contribution is 2.25. The molecule has 0 aromatic heterocycles. The summed E-state index contributed by atoms with van der Waals surface area (Å²) in [6.45, 7) is 2.14. The largest absolute Gasteiger partial charge is 0.480 e. The molecule has 0 aliphatic heterocycles. The Hall–Kier alpha value is -2.07. The van der Waals surface area contributed by atoms with Crippen LogP contribution in [0.15, 0.2) is 23.1 Å². The van der Waals surface area contributed by atoms with Crippen LogP contribution in [0.2, 0.25) is 0 Å². The van der Waals surface area contributed by atoms with Crippen LogP contribution in [0.3, 0.4) is 0 Å². The molecule has 2 N–H and O–H groups in total. The molecule has 0 heterocycles. The highest BCUT2D eigenvalue weighted by atomic mass is 32.2. The van der Waals surface area contributed by atoms with Crippen LogP contribution in [0.5, 0.6) is 0 Å². The third kappa shape index (κ3) is 3.27. The molecule has 0 saturated carbocycles. The number of aliphatic carboxylic acids is 1. The van der Waals surface area contributed by atoms with Crippen molar-refractivity contribution < 1.29 is 27.6 Å². The topological polar surface area (TPSA) is 127 Å². The van der Waals surface area contributed by atoms with Crippen LogP contribution in [0.1, 0.15) is 13.8 Å². The monoisotopic (exact) mass is 306 g/mol. The minimum absolute atomic E-state index is 0.447. The van der Waals surface area contributed by atoms with E-state index in [1.165, 1.54) is 0 Å². The molecule has 8 nitrogen and oxygen atoms in total. The van der Waals surface area contributed by atoms with Gasteiger partial charge in [-0.15, -0.1) is 0 Å². The molecule has 0 unspecified atom stereocenters. The number of nitro benzene ring substituents is 1. The first-order chi connectivity index (χ1) is 8.97. The van der Waals surface area contributed by atoms with Crippen molar-refractivity contribution >= 4 is 21.7 Å². The van der Waals surface area contributed by atoms with Gasteiger partial charge in [-0.1, -0.05) is 0 Å². The summed E-state index contributed by atoms with van der Waals surface area (Å²) in [5, 5.41) is 19.6. The maximum atomic E-state index is 12.9. The van der Waals surface area contributed by atoms with Gasteiger partial charge in [0.05, 0.1) is 11.0 Å². The number of halogens is 1. The normalized spacial score (nSPS) is 12.2. The number of sulfonamides is 1. The molecule has 1 aromatic rings. The summed E-state index contributed by atoms with van der Waals surface area (Å²) >= 11 is 0. The Morgan fingerprint density at radius 1 is 1.45 bits per heavy atom. The first kappa shape index (κ1) is 16.0. The molecule has 0 aliphatic carbocycles. The summed E-state index contributed by atoms with van der Waals surface area (Å²) in [4.78, 5) is 19.8. The van der Waals surface area contributed by atoms with Gasteiger partial charge in [-0.05, 0) is 26.0 Å². The molecule has 0 fully saturated rings. The van der Waals surface area contributed by atoms with E-state index in [-0.39, 0.29) is 0 Å². The summed E-state index contributed by atoms with van der Waals surface area (Å²) in [6, 6.07) is 1.88. The van der Waals surface area contributed by atoms with Gasteiger partial charge in [0.2, 0.25) is 10.0 Å². The Morgan fingerprint density at radius 2 is 2.00 bits per heavy atom. The van der Waals surface area contributed by atoms with Gasteiger partial charge < -0.3 is 5.11 Å². The van der Waals surface area contributed by atoms with Gasteiger partial charge >= 0.3 is 5.97 Å². The number of hydrogen-bond acceptors (Lipinski definition) is 5. The SMILES string of the molecule is CC(C)(NS(=O)(=O)c1ccc(F)cc1[N+](=O)[O-])C(=O)O. The predicted molar refractivity (Wildman–Crippen MR) is 65.1 cm³/mol. The first-order valence-electron chi connectivity index (χ1n) is 5.19. The number of carboxylic acid groups (broad SMARTS) is 1. The Morgan fingerprint density at radius 3 is 2.45 bits per heavy atom. The summed E-state index contributed by atoms with van der Waals surface area (Å²) in [7, 11) is -4.49. The molecule has 20 heavy (non-hydrogen) atoms. The van der Waals surface area contributed by atoms with Crippen molar-refractivity contribution in [3.8, 4) is 0 Å². The van der Waals surface area contributed by atoms with E-state index >= 15 is 0 Å². The second kappa shape index (κ2) is 5.13. The third-order valence-electron chi connectivity index (χ3n) is 2.33. The van der Waals surface area contributed by atoms with Gasteiger partial charge in [0.25, 0.3) is 5.69 Å². The van der Waals surface area contributed by atoms with Crippen molar-refractivity contribution in [2.45, 2.75) is 24.3 Å². The molecule has 0 bridgehead atoms. The number of hydrogen-bond donors (Lipinski definition) is 2. The average Bonchev–Trinajstić information content (AvgIpc) is 2.26. The van der Waals surface area contributed by atoms with E-state index in [0.29, 0.717) is 12.1 Å². The quantitative estimate of drug-likeness (QED) is 0.614. The Bertz CT molecular complexity index is 670. The maximum Gasteiger partial charge on any atom is 0.324 e. The second-order valence-corrected chi connectivity index (χ2v) is 6.06.